The Morgan fingerprint density at radius 3 is 2.02 bits per heavy atom. The summed E-state index contributed by atoms with van der Waals surface area (Å²) in [5, 5.41) is 3.64. The quantitative estimate of drug-likeness (QED) is 0.118. The fourth-order valence-electron chi connectivity index (χ4n) is 3.96. The van der Waals surface area contributed by atoms with Gasteiger partial charge in [-0.1, -0.05) is 41.9 Å². The van der Waals surface area contributed by atoms with E-state index in [4.69, 9.17) is 25.0 Å². The van der Waals surface area contributed by atoms with E-state index in [-0.39, 0.29) is 38.7 Å². The Hall–Kier alpha value is -2.84. The predicted molar refractivity (Wildman–Crippen MR) is 177 cm³/mol. The molecule has 0 aliphatic carbocycles. The molecule has 4 rings (SSSR count). The SMILES string of the molecule is Cc1cc(N(CCOS(C)(=O)=O)CCOS(C)(=O)=O)ccc1C=Nc1ccc(-c2csc(-c3ccc(Cl)cc3)n2)cc1.Cl. The highest BCUT2D eigenvalue weighted by molar-refractivity contribution is 7.86. The Labute approximate surface area is 267 Å². The number of benzene rings is 3. The number of nitrogens with zero attached hydrogens (tertiary/aromatic N) is 3. The topological polar surface area (TPSA) is 115 Å². The van der Waals surface area contributed by atoms with Gasteiger partial charge in [-0.3, -0.25) is 13.4 Å². The van der Waals surface area contributed by atoms with Crippen LogP contribution in [0.2, 0.25) is 5.02 Å². The molecule has 0 unspecified atom stereocenters. The predicted octanol–water partition coefficient (Wildman–Crippen LogP) is 6.37. The van der Waals surface area contributed by atoms with Gasteiger partial charge < -0.3 is 4.90 Å². The van der Waals surface area contributed by atoms with Gasteiger partial charge in [-0.2, -0.15) is 16.8 Å². The first-order chi connectivity index (χ1) is 19.9. The number of hydrogen-bond acceptors (Lipinski definition) is 10. The second-order valence-electron chi connectivity index (χ2n) is 9.43. The molecular formula is C29H31Cl2N3O6S3. The van der Waals surface area contributed by atoms with Crippen LogP contribution in [0.25, 0.3) is 21.8 Å². The van der Waals surface area contributed by atoms with Crippen molar-refractivity contribution in [2.45, 2.75) is 6.92 Å². The van der Waals surface area contributed by atoms with Crippen LogP contribution in [0.1, 0.15) is 11.1 Å². The van der Waals surface area contributed by atoms with E-state index in [1.165, 1.54) is 0 Å². The van der Waals surface area contributed by atoms with Crippen LogP contribution in [0.3, 0.4) is 0 Å². The van der Waals surface area contributed by atoms with Gasteiger partial charge in [0.15, 0.2) is 0 Å². The Morgan fingerprint density at radius 2 is 1.47 bits per heavy atom. The second-order valence-corrected chi connectivity index (χ2v) is 14.0. The van der Waals surface area contributed by atoms with Gasteiger partial charge in [0.1, 0.15) is 5.01 Å². The summed E-state index contributed by atoms with van der Waals surface area (Å²) in [7, 11) is -7.21. The molecule has 0 bridgehead atoms. The maximum absolute atomic E-state index is 11.4. The number of thiazole rings is 1. The average molecular weight is 685 g/mol. The summed E-state index contributed by atoms with van der Waals surface area (Å²) in [4.78, 5) is 11.2. The van der Waals surface area contributed by atoms with E-state index in [1.807, 2.05) is 79.0 Å². The van der Waals surface area contributed by atoms with Crippen LogP contribution in [0.5, 0.6) is 0 Å². The van der Waals surface area contributed by atoms with Crippen molar-refractivity contribution in [3.05, 3.63) is 88.3 Å². The number of hydrogen-bond donors (Lipinski definition) is 0. The Bertz CT molecular complexity index is 1720. The Balaban J connectivity index is 0.00000506. The molecule has 0 saturated heterocycles. The van der Waals surface area contributed by atoms with Crippen LogP contribution in [0.4, 0.5) is 11.4 Å². The lowest BCUT2D eigenvalue weighted by Crippen LogP contribution is -2.32. The molecule has 0 amide bonds. The maximum Gasteiger partial charge on any atom is 0.264 e. The van der Waals surface area contributed by atoms with Crippen molar-refractivity contribution < 1.29 is 25.2 Å². The minimum absolute atomic E-state index is 0. The van der Waals surface area contributed by atoms with Gasteiger partial charge in [0, 0.05) is 46.5 Å². The van der Waals surface area contributed by atoms with Crippen LogP contribution >= 0.6 is 35.3 Å². The van der Waals surface area contributed by atoms with Crippen molar-refractivity contribution >= 4 is 73.2 Å². The molecule has 4 aromatic rings. The molecule has 9 nitrogen and oxygen atoms in total. The van der Waals surface area contributed by atoms with Crippen LogP contribution < -0.4 is 4.90 Å². The van der Waals surface area contributed by atoms with Gasteiger partial charge in [-0.25, -0.2) is 4.98 Å². The highest BCUT2D eigenvalue weighted by Gasteiger charge is 2.12. The molecule has 3 aromatic carbocycles. The van der Waals surface area contributed by atoms with Gasteiger partial charge in [0.05, 0.1) is 37.1 Å². The van der Waals surface area contributed by atoms with Crippen molar-refractivity contribution in [1.82, 2.24) is 4.98 Å². The van der Waals surface area contributed by atoms with Crippen LogP contribution in [0.15, 0.2) is 77.1 Å². The molecule has 1 aromatic heterocycles. The van der Waals surface area contributed by atoms with E-state index in [0.29, 0.717) is 5.02 Å². The van der Waals surface area contributed by atoms with Gasteiger partial charge in [-0.05, 0) is 54.4 Å². The molecule has 0 spiro atoms. The third-order valence-corrected chi connectivity index (χ3v) is 8.38. The lowest BCUT2D eigenvalue weighted by Gasteiger charge is -2.25. The molecule has 0 aliphatic rings. The number of aryl methyl sites for hydroxylation is 1. The van der Waals surface area contributed by atoms with E-state index >= 15 is 0 Å². The van der Waals surface area contributed by atoms with E-state index in [9.17, 15) is 16.8 Å². The first-order valence-electron chi connectivity index (χ1n) is 12.8. The van der Waals surface area contributed by atoms with E-state index in [1.54, 1.807) is 22.5 Å². The first-order valence-corrected chi connectivity index (χ1v) is 17.7. The first kappa shape index (κ1) is 34.6. The molecule has 230 valence electrons. The van der Waals surface area contributed by atoms with Crippen molar-refractivity contribution in [3.63, 3.8) is 0 Å². The van der Waals surface area contributed by atoms with Crippen molar-refractivity contribution in [1.29, 1.82) is 0 Å². The summed E-state index contributed by atoms with van der Waals surface area (Å²) >= 11 is 7.57. The third-order valence-electron chi connectivity index (χ3n) is 6.05. The molecule has 1 heterocycles. The highest BCUT2D eigenvalue weighted by Crippen LogP contribution is 2.30. The number of anilines is 1. The number of rotatable bonds is 13. The molecule has 0 fully saturated rings. The van der Waals surface area contributed by atoms with E-state index < -0.39 is 20.2 Å². The zero-order chi connectivity index (χ0) is 30.3. The van der Waals surface area contributed by atoms with Crippen molar-refractivity contribution in [2.24, 2.45) is 4.99 Å². The fraction of sp³-hybridized carbons (Fsp3) is 0.241. The lowest BCUT2D eigenvalue weighted by molar-refractivity contribution is 0.309. The van der Waals surface area contributed by atoms with Crippen molar-refractivity contribution in [2.75, 3.05) is 43.7 Å². The fourth-order valence-corrected chi connectivity index (χ4v) is 5.68. The highest BCUT2D eigenvalue weighted by atomic mass is 35.5. The lowest BCUT2D eigenvalue weighted by atomic mass is 10.1. The molecule has 0 N–H and O–H groups in total. The van der Waals surface area contributed by atoms with Crippen molar-refractivity contribution in [3.8, 4) is 21.8 Å². The maximum atomic E-state index is 11.4. The normalized spacial score (nSPS) is 11.9. The summed E-state index contributed by atoms with van der Waals surface area (Å²) in [5.74, 6) is 0. The monoisotopic (exact) mass is 683 g/mol. The van der Waals surface area contributed by atoms with Crippen LogP contribution in [-0.2, 0) is 28.6 Å². The standard InChI is InChI=1S/C29H30ClN3O6S3.ClH/c1-21-18-27(33(14-16-38-41(2,34)35)15-17-39-42(3,36)37)13-8-24(21)19-31-26-11-6-22(7-12-26)28-20-40-29(32-28)23-4-9-25(30)10-5-23;/h4-13,18-20H,14-17H2,1-3H3;1H. The van der Waals surface area contributed by atoms with E-state index in [2.05, 4.69) is 4.99 Å². The van der Waals surface area contributed by atoms with Gasteiger partial charge in [0.2, 0.25) is 0 Å². The zero-order valence-corrected chi connectivity index (χ0v) is 27.7. The number of aromatic nitrogens is 1. The van der Waals surface area contributed by atoms with Gasteiger partial charge >= 0.3 is 0 Å². The summed E-state index contributed by atoms with van der Waals surface area (Å²) < 4.78 is 55.2. The number of aliphatic imine (C=N–C) groups is 1. The summed E-state index contributed by atoms with van der Waals surface area (Å²) in [6, 6.07) is 21.1. The molecular weight excluding hydrogens is 653 g/mol. The molecule has 0 radical (unpaired) electrons. The molecule has 0 saturated carbocycles. The summed E-state index contributed by atoms with van der Waals surface area (Å²) in [6.45, 7) is 2.21. The van der Waals surface area contributed by atoms with E-state index in [0.717, 1.165) is 56.8 Å². The van der Waals surface area contributed by atoms with Crippen LogP contribution in [-0.4, -0.2) is 66.8 Å². The number of halogens is 2. The summed E-state index contributed by atoms with van der Waals surface area (Å²) in [6.07, 6.45) is 3.74. The molecule has 0 aliphatic heterocycles. The summed E-state index contributed by atoms with van der Waals surface area (Å²) in [5.41, 5.74) is 6.28. The minimum atomic E-state index is -3.60. The second kappa shape index (κ2) is 15.2. The molecule has 0 atom stereocenters. The van der Waals surface area contributed by atoms with Crippen LogP contribution in [0, 0.1) is 6.92 Å². The minimum Gasteiger partial charge on any atom is -0.367 e. The Kier molecular flexibility index (Phi) is 12.3. The average Bonchev–Trinajstić information content (AvgIpc) is 3.41. The zero-order valence-electron chi connectivity index (χ0n) is 23.6. The smallest absolute Gasteiger partial charge is 0.264 e. The molecule has 43 heavy (non-hydrogen) atoms. The van der Waals surface area contributed by atoms with Gasteiger partial charge in [-0.15, -0.1) is 23.7 Å². The Morgan fingerprint density at radius 1 is 0.884 bits per heavy atom. The third kappa shape index (κ3) is 11.0. The molecule has 14 heteroatoms. The van der Waals surface area contributed by atoms with Gasteiger partial charge in [0.25, 0.3) is 20.2 Å². The largest absolute Gasteiger partial charge is 0.367 e.